The fourth-order valence-corrected chi connectivity index (χ4v) is 2.80. The summed E-state index contributed by atoms with van der Waals surface area (Å²) in [5, 5.41) is 0. The summed E-state index contributed by atoms with van der Waals surface area (Å²) in [7, 11) is 0. The summed E-state index contributed by atoms with van der Waals surface area (Å²) in [6.45, 7) is 9.39. The van der Waals surface area contributed by atoms with Crippen LogP contribution in [0.15, 0.2) is 0 Å². The van der Waals surface area contributed by atoms with E-state index in [9.17, 15) is 0 Å². The molecule has 2 unspecified atom stereocenters. The van der Waals surface area contributed by atoms with Crippen molar-refractivity contribution in [3.05, 3.63) is 0 Å². The van der Waals surface area contributed by atoms with Crippen LogP contribution in [0.3, 0.4) is 0 Å². The zero-order valence-electron chi connectivity index (χ0n) is 11.1. The Labute approximate surface area is 95.8 Å². The van der Waals surface area contributed by atoms with Gasteiger partial charge in [-0.05, 0) is 43.4 Å². The first kappa shape index (κ1) is 13.0. The number of nitrogens with two attached hydrogens (primary N) is 1. The molecule has 1 fully saturated rings. The van der Waals surface area contributed by atoms with E-state index in [2.05, 4.69) is 27.7 Å². The molecule has 0 bridgehead atoms. The highest BCUT2D eigenvalue weighted by Gasteiger charge is 2.33. The van der Waals surface area contributed by atoms with Crippen molar-refractivity contribution in [1.82, 2.24) is 0 Å². The average Bonchev–Trinajstić information content (AvgIpc) is 2.26. The van der Waals surface area contributed by atoms with Gasteiger partial charge in [-0.2, -0.15) is 0 Å². The maximum atomic E-state index is 6.56. The van der Waals surface area contributed by atoms with Gasteiger partial charge in [-0.25, -0.2) is 0 Å². The van der Waals surface area contributed by atoms with Crippen molar-refractivity contribution in [3.8, 4) is 0 Å². The van der Waals surface area contributed by atoms with Crippen molar-refractivity contribution in [1.29, 1.82) is 0 Å². The second-order valence-corrected chi connectivity index (χ2v) is 6.60. The summed E-state index contributed by atoms with van der Waals surface area (Å²) in [6.07, 6.45) is 8.93. The average molecular weight is 211 g/mol. The van der Waals surface area contributed by atoms with E-state index in [0.717, 1.165) is 5.92 Å². The lowest BCUT2D eigenvalue weighted by atomic mass is 9.80. The molecule has 1 aliphatic carbocycles. The molecule has 2 N–H and O–H groups in total. The fourth-order valence-electron chi connectivity index (χ4n) is 2.80. The quantitative estimate of drug-likeness (QED) is 0.698. The first-order valence-corrected chi connectivity index (χ1v) is 6.66. The van der Waals surface area contributed by atoms with Crippen molar-refractivity contribution in [2.45, 2.75) is 78.2 Å². The largest absolute Gasteiger partial charge is 0.325 e. The fraction of sp³-hybridized carbons (Fsp3) is 1.00. The maximum Gasteiger partial charge on any atom is 0.0157 e. The van der Waals surface area contributed by atoms with E-state index < -0.39 is 0 Å². The molecule has 0 aromatic carbocycles. The summed E-state index contributed by atoms with van der Waals surface area (Å²) in [4.78, 5) is 0. The molecule has 1 nitrogen and oxygen atoms in total. The molecular weight excluding hydrogens is 182 g/mol. The molecule has 1 saturated carbocycles. The monoisotopic (exact) mass is 211 g/mol. The third-order valence-corrected chi connectivity index (χ3v) is 4.28. The molecule has 0 spiro atoms. The van der Waals surface area contributed by atoms with Gasteiger partial charge in [0.2, 0.25) is 0 Å². The van der Waals surface area contributed by atoms with Gasteiger partial charge >= 0.3 is 0 Å². The van der Waals surface area contributed by atoms with Gasteiger partial charge in [0.15, 0.2) is 0 Å². The third-order valence-electron chi connectivity index (χ3n) is 4.28. The summed E-state index contributed by atoms with van der Waals surface area (Å²) < 4.78 is 0. The normalized spacial score (nSPS) is 33.4. The van der Waals surface area contributed by atoms with E-state index in [1.807, 2.05) is 0 Å². The Morgan fingerprint density at radius 2 is 1.80 bits per heavy atom. The highest BCUT2D eigenvalue weighted by atomic mass is 14.7. The lowest BCUT2D eigenvalue weighted by molar-refractivity contribution is 0.267. The zero-order valence-corrected chi connectivity index (χ0v) is 11.1. The van der Waals surface area contributed by atoms with Crippen LogP contribution in [0.2, 0.25) is 0 Å². The second-order valence-electron chi connectivity index (χ2n) is 6.60. The predicted octanol–water partition coefficient (Wildman–Crippen LogP) is 4.11. The minimum absolute atomic E-state index is 0.142. The van der Waals surface area contributed by atoms with E-state index in [1.165, 1.54) is 44.9 Å². The standard InChI is InChI=1S/C14H29N/c1-5-12(2)11-14(15)8-6-7-13(3,4)9-10-14/h12H,5-11,15H2,1-4H3. The smallest absolute Gasteiger partial charge is 0.0157 e. The van der Waals surface area contributed by atoms with Crippen LogP contribution in [0, 0.1) is 11.3 Å². The van der Waals surface area contributed by atoms with Crippen molar-refractivity contribution >= 4 is 0 Å². The molecule has 0 amide bonds. The highest BCUT2D eigenvalue weighted by Crippen LogP contribution is 2.39. The van der Waals surface area contributed by atoms with Crippen molar-refractivity contribution in [2.24, 2.45) is 17.1 Å². The Morgan fingerprint density at radius 1 is 1.13 bits per heavy atom. The molecular formula is C14H29N. The minimum Gasteiger partial charge on any atom is -0.325 e. The van der Waals surface area contributed by atoms with Crippen LogP contribution in [0.25, 0.3) is 0 Å². The number of rotatable bonds is 3. The van der Waals surface area contributed by atoms with Crippen molar-refractivity contribution in [3.63, 3.8) is 0 Å². The van der Waals surface area contributed by atoms with Crippen molar-refractivity contribution < 1.29 is 0 Å². The molecule has 1 aliphatic rings. The Kier molecular flexibility index (Phi) is 4.22. The molecule has 0 aliphatic heterocycles. The maximum absolute atomic E-state index is 6.56. The SMILES string of the molecule is CCC(C)CC1(N)CCCC(C)(C)CC1. The summed E-state index contributed by atoms with van der Waals surface area (Å²) in [6, 6.07) is 0. The molecule has 0 aromatic heterocycles. The van der Waals surface area contributed by atoms with Gasteiger partial charge in [0.25, 0.3) is 0 Å². The molecule has 0 radical (unpaired) electrons. The van der Waals surface area contributed by atoms with Gasteiger partial charge < -0.3 is 5.73 Å². The minimum atomic E-state index is 0.142. The molecule has 0 saturated heterocycles. The molecule has 0 heterocycles. The van der Waals surface area contributed by atoms with Gasteiger partial charge in [0.05, 0.1) is 0 Å². The Balaban J connectivity index is 2.54. The summed E-state index contributed by atoms with van der Waals surface area (Å²) in [5.41, 5.74) is 7.22. The van der Waals surface area contributed by atoms with Gasteiger partial charge in [0.1, 0.15) is 0 Å². The van der Waals surface area contributed by atoms with Crippen LogP contribution in [0.5, 0.6) is 0 Å². The van der Waals surface area contributed by atoms with Gasteiger partial charge in [-0.3, -0.25) is 0 Å². The van der Waals surface area contributed by atoms with Crippen LogP contribution in [0.1, 0.15) is 72.6 Å². The van der Waals surface area contributed by atoms with E-state index in [4.69, 9.17) is 5.73 Å². The number of hydrogen-bond acceptors (Lipinski definition) is 1. The summed E-state index contributed by atoms with van der Waals surface area (Å²) >= 11 is 0. The van der Waals surface area contributed by atoms with Gasteiger partial charge in [-0.15, -0.1) is 0 Å². The van der Waals surface area contributed by atoms with Crippen LogP contribution in [-0.4, -0.2) is 5.54 Å². The molecule has 90 valence electrons. The lowest BCUT2D eigenvalue weighted by Gasteiger charge is -2.31. The lowest BCUT2D eigenvalue weighted by Crippen LogP contribution is -2.40. The molecule has 2 atom stereocenters. The van der Waals surface area contributed by atoms with Crippen molar-refractivity contribution in [2.75, 3.05) is 0 Å². The molecule has 1 rings (SSSR count). The summed E-state index contributed by atoms with van der Waals surface area (Å²) in [5.74, 6) is 0.788. The predicted molar refractivity (Wildman–Crippen MR) is 67.9 cm³/mol. The van der Waals surface area contributed by atoms with Crippen LogP contribution in [-0.2, 0) is 0 Å². The Hall–Kier alpha value is -0.0400. The number of hydrogen-bond donors (Lipinski definition) is 1. The van der Waals surface area contributed by atoms with E-state index in [1.54, 1.807) is 0 Å². The van der Waals surface area contributed by atoms with Crippen LogP contribution in [0.4, 0.5) is 0 Å². The van der Waals surface area contributed by atoms with Crippen LogP contribution >= 0.6 is 0 Å². The van der Waals surface area contributed by atoms with Crippen LogP contribution < -0.4 is 5.73 Å². The van der Waals surface area contributed by atoms with Gasteiger partial charge in [-0.1, -0.05) is 40.5 Å². The third kappa shape index (κ3) is 4.14. The molecule has 15 heavy (non-hydrogen) atoms. The highest BCUT2D eigenvalue weighted by molar-refractivity contribution is 4.90. The van der Waals surface area contributed by atoms with E-state index in [0.29, 0.717) is 5.41 Å². The molecule has 1 heteroatoms. The first-order chi connectivity index (χ1) is 6.87. The van der Waals surface area contributed by atoms with E-state index in [-0.39, 0.29) is 5.54 Å². The first-order valence-electron chi connectivity index (χ1n) is 6.66. The second kappa shape index (κ2) is 4.86. The Bertz CT molecular complexity index is 198. The Morgan fingerprint density at radius 3 is 2.40 bits per heavy atom. The topological polar surface area (TPSA) is 26.0 Å². The molecule has 0 aromatic rings. The van der Waals surface area contributed by atoms with Gasteiger partial charge in [0, 0.05) is 5.54 Å². The zero-order chi connectivity index (χ0) is 11.5. The van der Waals surface area contributed by atoms with E-state index >= 15 is 0 Å².